The summed E-state index contributed by atoms with van der Waals surface area (Å²) in [6, 6.07) is 0.191. The summed E-state index contributed by atoms with van der Waals surface area (Å²) in [7, 11) is 0. The van der Waals surface area contributed by atoms with Crippen molar-refractivity contribution in [3.05, 3.63) is 0 Å². The Labute approximate surface area is 70.3 Å². The van der Waals surface area contributed by atoms with Crippen molar-refractivity contribution >= 4 is 5.97 Å². The first-order valence-electron chi connectivity index (χ1n) is 3.79. The van der Waals surface area contributed by atoms with Crippen molar-refractivity contribution in [1.29, 1.82) is 0 Å². The van der Waals surface area contributed by atoms with Crippen molar-refractivity contribution in [3.63, 3.8) is 0 Å². The van der Waals surface area contributed by atoms with E-state index >= 15 is 0 Å². The number of nitrogens with one attached hydrogen (secondary N) is 1. The van der Waals surface area contributed by atoms with Crippen molar-refractivity contribution in [1.82, 2.24) is 5.32 Å². The maximum Gasteiger partial charge on any atom is 0.336 e. The number of hydrogen-bond acceptors (Lipinski definition) is 4. The van der Waals surface area contributed by atoms with Crippen LogP contribution in [-0.4, -0.2) is 47.6 Å². The van der Waals surface area contributed by atoms with Crippen LogP contribution in [0.15, 0.2) is 0 Å². The Kier molecular flexibility index (Phi) is 2.66. The monoisotopic (exact) mass is 175 g/mol. The second-order valence-electron chi connectivity index (χ2n) is 3.19. The average molecular weight is 175 g/mol. The molecule has 3 N–H and O–H groups in total. The van der Waals surface area contributed by atoms with Gasteiger partial charge in [-0.15, -0.1) is 0 Å². The summed E-state index contributed by atoms with van der Waals surface area (Å²) in [6.07, 6.45) is 0. The molecular formula is C7H13NO4. The summed E-state index contributed by atoms with van der Waals surface area (Å²) in [4.78, 5) is 10.4. The van der Waals surface area contributed by atoms with Crippen molar-refractivity contribution in [2.24, 2.45) is 0 Å². The molecule has 1 unspecified atom stereocenters. The standard InChI is InChI=1S/C7H13NO4/c1-7(11,6(9)10)4-8-5-2-12-3-5/h5,8,11H,2-4H2,1H3,(H,9,10). The van der Waals surface area contributed by atoms with Gasteiger partial charge in [0.25, 0.3) is 0 Å². The van der Waals surface area contributed by atoms with Crippen LogP contribution in [0, 0.1) is 0 Å². The van der Waals surface area contributed by atoms with Gasteiger partial charge in [-0.1, -0.05) is 0 Å². The molecule has 12 heavy (non-hydrogen) atoms. The van der Waals surface area contributed by atoms with Gasteiger partial charge >= 0.3 is 5.97 Å². The molecule has 5 nitrogen and oxygen atoms in total. The van der Waals surface area contributed by atoms with Crippen molar-refractivity contribution in [3.8, 4) is 0 Å². The van der Waals surface area contributed by atoms with Crippen molar-refractivity contribution in [2.75, 3.05) is 19.8 Å². The molecule has 1 aliphatic rings. The summed E-state index contributed by atoms with van der Waals surface area (Å²) in [5, 5.41) is 20.7. The zero-order chi connectivity index (χ0) is 9.19. The Morgan fingerprint density at radius 1 is 1.75 bits per heavy atom. The molecule has 1 aliphatic heterocycles. The second kappa shape index (κ2) is 3.38. The minimum absolute atomic E-state index is 0.0519. The fourth-order valence-corrected chi connectivity index (χ4v) is 0.772. The minimum atomic E-state index is -1.68. The van der Waals surface area contributed by atoms with Crippen LogP contribution >= 0.6 is 0 Å². The maximum absolute atomic E-state index is 10.4. The predicted molar refractivity (Wildman–Crippen MR) is 40.9 cm³/mol. The normalized spacial score (nSPS) is 22.8. The van der Waals surface area contributed by atoms with Gasteiger partial charge in [-0.05, 0) is 6.92 Å². The summed E-state index contributed by atoms with van der Waals surface area (Å²) in [5.41, 5.74) is -1.68. The molecule has 5 heteroatoms. The third-order valence-electron chi connectivity index (χ3n) is 1.83. The number of aliphatic carboxylic acids is 1. The van der Waals surface area contributed by atoms with E-state index in [2.05, 4.69) is 5.32 Å². The third kappa shape index (κ3) is 2.17. The summed E-state index contributed by atoms with van der Waals surface area (Å²) in [5.74, 6) is -1.21. The molecule has 1 saturated heterocycles. The molecule has 0 aromatic heterocycles. The van der Waals surface area contributed by atoms with Gasteiger partial charge in [-0.2, -0.15) is 0 Å². The van der Waals surface area contributed by atoms with Gasteiger partial charge < -0.3 is 20.3 Å². The molecule has 1 heterocycles. The maximum atomic E-state index is 10.4. The van der Waals surface area contributed by atoms with Crippen LogP contribution in [0.1, 0.15) is 6.92 Å². The van der Waals surface area contributed by atoms with Crippen LogP contribution in [0.5, 0.6) is 0 Å². The predicted octanol–water partition coefficient (Wildman–Crippen LogP) is -1.19. The lowest BCUT2D eigenvalue weighted by atomic mass is 10.1. The van der Waals surface area contributed by atoms with Gasteiger partial charge in [0.15, 0.2) is 5.60 Å². The number of ether oxygens (including phenoxy) is 1. The second-order valence-corrected chi connectivity index (χ2v) is 3.19. The molecule has 1 fully saturated rings. The van der Waals surface area contributed by atoms with Crippen LogP contribution in [0.2, 0.25) is 0 Å². The zero-order valence-corrected chi connectivity index (χ0v) is 6.91. The number of rotatable bonds is 4. The van der Waals surface area contributed by atoms with E-state index in [0.29, 0.717) is 13.2 Å². The smallest absolute Gasteiger partial charge is 0.336 e. The van der Waals surface area contributed by atoms with E-state index in [1.807, 2.05) is 0 Å². The largest absolute Gasteiger partial charge is 0.479 e. The van der Waals surface area contributed by atoms with E-state index < -0.39 is 11.6 Å². The first-order chi connectivity index (χ1) is 5.52. The van der Waals surface area contributed by atoms with Crippen LogP contribution in [0.3, 0.4) is 0 Å². The first-order valence-corrected chi connectivity index (χ1v) is 3.79. The highest BCUT2D eigenvalue weighted by molar-refractivity contribution is 5.76. The molecule has 1 rings (SSSR count). The minimum Gasteiger partial charge on any atom is -0.479 e. The van der Waals surface area contributed by atoms with Crippen molar-refractivity contribution in [2.45, 2.75) is 18.6 Å². The lowest BCUT2D eigenvalue weighted by molar-refractivity contribution is -0.156. The van der Waals surface area contributed by atoms with Crippen molar-refractivity contribution < 1.29 is 19.7 Å². The van der Waals surface area contributed by atoms with Gasteiger partial charge in [-0.3, -0.25) is 0 Å². The number of carbonyl (C=O) groups is 1. The zero-order valence-electron chi connectivity index (χ0n) is 6.91. The van der Waals surface area contributed by atoms with Crippen LogP contribution < -0.4 is 5.32 Å². The Morgan fingerprint density at radius 2 is 2.33 bits per heavy atom. The van der Waals surface area contributed by atoms with Gasteiger partial charge in [0.2, 0.25) is 0 Å². The summed E-state index contributed by atoms with van der Waals surface area (Å²) in [6.45, 7) is 2.50. The molecule has 0 radical (unpaired) electrons. The van der Waals surface area contributed by atoms with Crippen LogP contribution in [0.25, 0.3) is 0 Å². The third-order valence-corrected chi connectivity index (χ3v) is 1.83. The summed E-state index contributed by atoms with van der Waals surface area (Å²) < 4.78 is 4.87. The molecule has 0 amide bonds. The quantitative estimate of drug-likeness (QED) is 0.500. The highest BCUT2D eigenvalue weighted by Gasteiger charge is 2.31. The number of hydrogen-bond donors (Lipinski definition) is 3. The van der Waals surface area contributed by atoms with Gasteiger partial charge in [-0.25, -0.2) is 4.79 Å². The molecule has 0 bridgehead atoms. The van der Waals surface area contributed by atoms with E-state index in [1.165, 1.54) is 6.92 Å². The number of carboxylic acids is 1. The SMILES string of the molecule is CC(O)(CNC1COC1)C(=O)O. The molecule has 0 saturated carbocycles. The molecule has 0 spiro atoms. The Bertz CT molecular complexity index is 176. The lowest BCUT2D eigenvalue weighted by Crippen LogP contribution is -2.53. The average Bonchev–Trinajstić information content (AvgIpc) is 1.83. The fourth-order valence-electron chi connectivity index (χ4n) is 0.772. The van der Waals surface area contributed by atoms with E-state index in [4.69, 9.17) is 9.84 Å². The number of aliphatic hydroxyl groups is 1. The van der Waals surface area contributed by atoms with Crippen LogP contribution in [0.4, 0.5) is 0 Å². The molecule has 0 aromatic carbocycles. The molecule has 0 aromatic rings. The summed E-state index contributed by atoms with van der Waals surface area (Å²) >= 11 is 0. The molecule has 0 aliphatic carbocycles. The van der Waals surface area contributed by atoms with Gasteiger partial charge in [0.1, 0.15) is 0 Å². The molecular weight excluding hydrogens is 162 g/mol. The van der Waals surface area contributed by atoms with E-state index in [0.717, 1.165) is 0 Å². The fraction of sp³-hybridized carbons (Fsp3) is 0.857. The molecule has 70 valence electrons. The highest BCUT2D eigenvalue weighted by atomic mass is 16.5. The Hall–Kier alpha value is -0.650. The molecule has 1 atom stereocenters. The highest BCUT2D eigenvalue weighted by Crippen LogP contribution is 2.04. The van der Waals surface area contributed by atoms with E-state index in [-0.39, 0.29) is 12.6 Å². The Morgan fingerprint density at radius 3 is 2.67 bits per heavy atom. The van der Waals surface area contributed by atoms with E-state index in [1.54, 1.807) is 0 Å². The topological polar surface area (TPSA) is 78.8 Å². The first kappa shape index (κ1) is 9.44. The van der Waals surface area contributed by atoms with E-state index in [9.17, 15) is 9.90 Å². The Balaban J connectivity index is 2.24. The number of carboxylic acid groups (broad SMARTS) is 1. The van der Waals surface area contributed by atoms with Crippen LogP contribution in [-0.2, 0) is 9.53 Å². The lowest BCUT2D eigenvalue weighted by Gasteiger charge is -2.29. The van der Waals surface area contributed by atoms with Gasteiger partial charge in [0.05, 0.1) is 19.3 Å². The van der Waals surface area contributed by atoms with Gasteiger partial charge in [0, 0.05) is 6.54 Å².